The van der Waals surface area contributed by atoms with Gasteiger partial charge in [0.15, 0.2) is 6.61 Å². The number of carbonyl (C=O) groups is 3. The van der Waals surface area contributed by atoms with Crippen LogP contribution in [0.1, 0.15) is 22.8 Å². The molecule has 3 heterocycles. The van der Waals surface area contributed by atoms with Crippen molar-refractivity contribution in [1.82, 2.24) is 4.98 Å². The number of carbonyl (C=O) groups excluding carboxylic acids is 3. The van der Waals surface area contributed by atoms with Gasteiger partial charge in [0, 0.05) is 26.2 Å². The van der Waals surface area contributed by atoms with Crippen molar-refractivity contribution in [2.45, 2.75) is 22.6 Å². The van der Waals surface area contributed by atoms with E-state index in [1.807, 2.05) is 30.3 Å². The fourth-order valence-electron chi connectivity index (χ4n) is 7.95. The number of thiazole rings is 1. The highest BCUT2D eigenvalue weighted by atomic mass is 79.9. The van der Waals surface area contributed by atoms with E-state index in [9.17, 15) is 19.2 Å². The second kappa shape index (κ2) is 11.6. The normalized spacial score (nSPS) is 27.4. The zero-order valence-corrected chi connectivity index (χ0v) is 28.5. The van der Waals surface area contributed by atoms with Crippen LogP contribution in [0.5, 0.6) is 5.75 Å². The summed E-state index contributed by atoms with van der Waals surface area (Å²) in [6.45, 7) is -0.226. The van der Waals surface area contributed by atoms with Crippen LogP contribution in [0.4, 0.5) is 11.4 Å². The molecule has 7 atom stereocenters. The number of H-pyrrole nitrogens is 1. The van der Waals surface area contributed by atoms with E-state index in [1.54, 1.807) is 48.2 Å². The highest BCUT2D eigenvalue weighted by Crippen LogP contribution is 2.68. The monoisotopic (exact) mass is 755 g/mol. The molecule has 1 saturated heterocycles. The van der Waals surface area contributed by atoms with E-state index in [4.69, 9.17) is 27.9 Å². The highest BCUT2D eigenvalue weighted by molar-refractivity contribution is 9.10. The van der Waals surface area contributed by atoms with Crippen LogP contribution < -0.4 is 19.8 Å². The fraction of sp³-hybridized carbons (Fsp3) is 0.273. The molecule has 2 saturated carbocycles. The van der Waals surface area contributed by atoms with Crippen LogP contribution in [-0.4, -0.2) is 34.6 Å². The molecule has 3 aromatic carbocycles. The lowest BCUT2D eigenvalue weighted by atomic mass is 9.68. The maximum absolute atomic E-state index is 14.0. The number of thioether (sulfide) groups is 1. The maximum Gasteiger partial charge on any atom is 0.305 e. The SMILES string of the molecule is O=C(COc1cccc([C@H]2c3sc(=O)[nH]c3SC3C2[C@H]2C[C@@H]3C3C(=O)N(c4ccc(Br)cc4)C(=O)C32)c1)Nc1ccc(Cl)c(Cl)c1. The second-order valence-electron chi connectivity index (χ2n) is 12.0. The molecule has 234 valence electrons. The summed E-state index contributed by atoms with van der Waals surface area (Å²) >= 11 is 18.3. The number of nitrogens with one attached hydrogen (secondary N) is 2. The van der Waals surface area contributed by atoms with E-state index in [1.165, 1.54) is 16.2 Å². The first-order valence-corrected chi connectivity index (χ1v) is 17.9. The quantitative estimate of drug-likeness (QED) is 0.202. The van der Waals surface area contributed by atoms with E-state index in [2.05, 4.69) is 26.2 Å². The lowest BCUT2D eigenvalue weighted by Gasteiger charge is -2.43. The number of aromatic nitrogens is 1. The molecule has 0 radical (unpaired) electrons. The predicted molar refractivity (Wildman–Crippen MR) is 182 cm³/mol. The summed E-state index contributed by atoms with van der Waals surface area (Å²) in [7, 11) is 0. The van der Waals surface area contributed by atoms with Crippen molar-refractivity contribution < 1.29 is 19.1 Å². The molecule has 3 fully saturated rings. The van der Waals surface area contributed by atoms with Gasteiger partial charge in [0.05, 0.1) is 32.6 Å². The molecule has 2 bridgehead atoms. The van der Waals surface area contributed by atoms with Gasteiger partial charge in [-0.15, -0.1) is 11.8 Å². The third-order valence-electron chi connectivity index (χ3n) is 9.60. The van der Waals surface area contributed by atoms with Gasteiger partial charge in [0.25, 0.3) is 5.91 Å². The Labute approximate surface area is 289 Å². The molecule has 4 unspecified atom stereocenters. The van der Waals surface area contributed by atoms with Crippen LogP contribution in [0.15, 0.2) is 81.0 Å². The lowest BCUT2D eigenvalue weighted by Crippen LogP contribution is -2.42. The van der Waals surface area contributed by atoms with Gasteiger partial charge in [-0.25, -0.2) is 0 Å². The highest BCUT2D eigenvalue weighted by Gasteiger charge is 2.69. The van der Waals surface area contributed by atoms with E-state index in [0.717, 1.165) is 26.4 Å². The number of fused-ring (bicyclic) bond motifs is 9. The number of aromatic amines is 1. The Hall–Kier alpha value is -3.09. The second-order valence-corrected chi connectivity index (χ2v) is 15.9. The maximum atomic E-state index is 14.0. The van der Waals surface area contributed by atoms with Crippen molar-refractivity contribution in [3.63, 3.8) is 0 Å². The first-order valence-electron chi connectivity index (χ1n) is 14.7. The van der Waals surface area contributed by atoms with Crippen molar-refractivity contribution in [2.75, 3.05) is 16.8 Å². The lowest BCUT2D eigenvalue weighted by molar-refractivity contribution is -0.123. The van der Waals surface area contributed by atoms with Crippen molar-refractivity contribution in [3.8, 4) is 5.75 Å². The molecular weight excluding hydrogens is 733 g/mol. The molecule has 13 heteroatoms. The number of halogens is 3. The van der Waals surface area contributed by atoms with Gasteiger partial charge in [-0.3, -0.25) is 24.1 Å². The number of rotatable bonds is 6. The Balaban J connectivity index is 1.08. The molecule has 2 aliphatic heterocycles. The molecule has 2 aliphatic carbocycles. The number of imide groups is 1. The third kappa shape index (κ3) is 4.93. The minimum atomic E-state index is -0.396. The first kappa shape index (κ1) is 30.3. The number of hydrogen-bond donors (Lipinski definition) is 2. The summed E-state index contributed by atoms with van der Waals surface area (Å²) in [6, 6.07) is 19.7. The third-order valence-corrected chi connectivity index (χ3v) is 13.5. The van der Waals surface area contributed by atoms with Gasteiger partial charge in [-0.1, -0.05) is 62.6 Å². The summed E-state index contributed by atoms with van der Waals surface area (Å²) < 4.78 is 6.79. The van der Waals surface area contributed by atoms with Gasteiger partial charge < -0.3 is 15.0 Å². The van der Waals surface area contributed by atoms with Gasteiger partial charge in [0.2, 0.25) is 11.8 Å². The average molecular weight is 758 g/mol. The summed E-state index contributed by atoms with van der Waals surface area (Å²) in [6.07, 6.45) is 0.796. The van der Waals surface area contributed by atoms with Gasteiger partial charge in [0.1, 0.15) is 5.75 Å². The smallest absolute Gasteiger partial charge is 0.305 e. The van der Waals surface area contributed by atoms with Crippen molar-refractivity contribution in [1.29, 1.82) is 0 Å². The molecule has 8 nitrogen and oxygen atoms in total. The average Bonchev–Trinajstić information content (AvgIpc) is 3.77. The van der Waals surface area contributed by atoms with Crippen LogP contribution in [0, 0.1) is 29.6 Å². The summed E-state index contributed by atoms with van der Waals surface area (Å²) in [5, 5.41) is 4.38. The number of ether oxygens (including phenoxy) is 1. The number of anilines is 2. The van der Waals surface area contributed by atoms with Gasteiger partial charge >= 0.3 is 4.87 Å². The van der Waals surface area contributed by atoms with Crippen molar-refractivity contribution in [3.05, 3.63) is 101 Å². The Morgan fingerprint density at radius 3 is 2.50 bits per heavy atom. The van der Waals surface area contributed by atoms with E-state index < -0.39 is 5.92 Å². The summed E-state index contributed by atoms with van der Waals surface area (Å²) in [5.74, 6) is -0.988. The van der Waals surface area contributed by atoms with Crippen LogP contribution in [0.2, 0.25) is 10.0 Å². The molecule has 3 amide bonds. The number of amides is 3. The number of nitrogens with zero attached hydrogens (tertiary/aromatic N) is 1. The predicted octanol–water partition coefficient (Wildman–Crippen LogP) is 7.20. The van der Waals surface area contributed by atoms with Crippen molar-refractivity contribution >= 4 is 91.3 Å². The number of benzene rings is 3. The van der Waals surface area contributed by atoms with E-state index in [0.29, 0.717) is 27.2 Å². The standard InChI is InChI=1S/C33H24BrCl2N3O5S2/c34-15-4-7-17(8-5-15)39-31(41)26-19-12-20(27(26)32(39)42)28-25(19)24(29-30(45-28)38-33(43)46-29)14-2-1-3-18(10-14)44-13-23(40)37-16-6-9-21(35)22(36)11-16/h1-11,19-20,24-28H,12-13H2,(H,37,40)(H,38,43)/t19-,20-,24-,25?,26?,27?,28?/m1/s1. The Morgan fingerprint density at radius 1 is 0.978 bits per heavy atom. The molecule has 46 heavy (non-hydrogen) atoms. The Kier molecular flexibility index (Phi) is 7.60. The molecule has 4 aromatic rings. The van der Waals surface area contributed by atoms with Crippen LogP contribution in [-0.2, 0) is 14.4 Å². The van der Waals surface area contributed by atoms with E-state index in [-0.39, 0.29) is 64.0 Å². The zero-order chi connectivity index (χ0) is 31.9. The molecule has 1 aromatic heterocycles. The minimum Gasteiger partial charge on any atom is -0.484 e. The van der Waals surface area contributed by atoms with Gasteiger partial charge in [-0.05, 0) is 84.3 Å². The fourth-order valence-corrected chi connectivity index (χ4v) is 11.4. The first-order chi connectivity index (χ1) is 22.2. The summed E-state index contributed by atoms with van der Waals surface area (Å²) in [4.78, 5) is 58.3. The minimum absolute atomic E-state index is 0.0127. The largest absolute Gasteiger partial charge is 0.484 e. The molecular formula is C33H24BrCl2N3O5S2. The van der Waals surface area contributed by atoms with E-state index >= 15 is 0 Å². The topological polar surface area (TPSA) is 109 Å². The van der Waals surface area contributed by atoms with Crippen molar-refractivity contribution in [2.24, 2.45) is 29.6 Å². The molecule has 4 aliphatic rings. The number of hydrogen-bond acceptors (Lipinski definition) is 7. The Bertz CT molecular complexity index is 1980. The summed E-state index contributed by atoms with van der Waals surface area (Å²) in [5.41, 5.74) is 2.04. The molecule has 0 spiro atoms. The van der Waals surface area contributed by atoms with Crippen LogP contribution in [0.3, 0.4) is 0 Å². The molecule has 8 rings (SSSR count). The van der Waals surface area contributed by atoms with Crippen LogP contribution >= 0.6 is 62.2 Å². The Morgan fingerprint density at radius 2 is 1.74 bits per heavy atom. The van der Waals surface area contributed by atoms with Gasteiger partial charge in [-0.2, -0.15) is 0 Å². The zero-order valence-electron chi connectivity index (χ0n) is 23.7. The molecule has 2 N–H and O–H groups in total. The van der Waals surface area contributed by atoms with Crippen LogP contribution in [0.25, 0.3) is 0 Å².